The summed E-state index contributed by atoms with van der Waals surface area (Å²) in [7, 11) is 3.22. The van der Waals surface area contributed by atoms with Crippen molar-refractivity contribution < 1.29 is 23.0 Å². The van der Waals surface area contributed by atoms with Crippen molar-refractivity contribution in [2.24, 2.45) is 0 Å². The van der Waals surface area contributed by atoms with Gasteiger partial charge in [-0.25, -0.2) is 13.8 Å². The third-order valence-electron chi connectivity index (χ3n) is 5.18. The summed E-state index contributed by atoms with van der Waals surface area (Å²) in [6, 6.07) is 18.5. The molecule has 1 aromatic heterocycles. The monoisotopic (exact) mass is 480 g/mol. The molecule has 5 nitrogen and oxygen atoms in total. The zero-order valence-corrected chi connectivity index (χ0v) is 19.4. The zero-order valence-electron chi connectivity index (χ0n) is 18.6. The molecule has 0 radical (unpaired) electrons. The fourth-order valence-corrected chi connectivity index (χ4v) is 4.16. The summed E-state index contributed by atoms with van der Waals surface area (Å²) < 4.78 is 38.8. The standard InChI is InChI=1S/C26H22F2N2O3S/c1-30(14-17-7-4-3-5-8-17)26(31)22-16-34-25(29-22)18-11-12-23(24(13-18)32-2)33-15-19-20(27)9-6-10-21(19)28/h3-13,16H,14-15H2,1-2H3. The molecule has 0 unspecified atom stereocenters. The summed E-state index contributed by atoms with van der Waals surface area (Å²) in [5.74, 6) is -0.798. The predicted octanol–water partition coefficient (Wildman–Crippen LogP) is 5.95. The Labute approximate surface area is 200 Å². The molecule has 8 heteroatoms. The highest BCUT2D eigenvalue weighted by molar-refractivity contribution is 7.13. The number of methoxy groups -OCH3 is 1. The molecule has 0 aliphatic carbocycles. The van der Waals surface area contributed by atoms with Crippen molar-refractivity contribution in [1.82, 2.24) is 9.88 Å². The van der Waals surface area contributed by atoms with Gasteiger partial charge in [-0.2, -0.15) is 0 Å². The topological polar surface area (TPSA) is 51.7 Å². The molecule has 1 amide bonds. The third kappa shape index (κ3) is 5.23. The Morgan fingerprint density at radius 1 is 1.00 bits per heavy atom. The summed E-state index contributed by atoms with van der Waals surface area (Å²) >= 11 is 1.34. The van der Waals surface area contributed by atoms with Gasteiger partial charge in [0, 0.05) is 24.5 Å². The first kappa shape index (κ1) is 23.4. The molecule has 0 aliphatic heterocycles. The number of amides is 1. The van der Waals surface area contributed by atoms with Gasteiger partial charge in [0.05, 0.1) is 12.7 Å². The van der Waals surface area contributed by atoms with Crippen LogP contribution in [-0.2, 0) is 13.2 Å². The van der Waals surface area contributed by atoms with Crippen LogP contribution in [0.2, 0.25) is 0 Å². The molecule has 34 heavy (non-hydrogen) atoms. The molecule has 0 fully saturated rings. The summed E-state index contributed by atoms with van der Waals surface area (Å²) in [4.78, 5) is 18.9. The molecular weight excluding hydrogens is 458 g/mol. The van der Waals surface area contributed by atoms with Crippen molar-refractivity contribution in [3.63, 3.8) is 0 Å². The van der Waals surface area contributed by atoms with Gasteiger partial charge in [0.25, 0.3) is 5.91 Å². The third-order valence-corrected chi connectivity index (χ3v) is 6.07. The number of carbonyl (C=O) groups is 1. The fourth-order valence-electron chi connectivity index (χ4n) is 3.37. The second-order valence-corrected chi connectivity index (χ2v) is 8.40. The van der Waals surface area contributed by atoms with E-state index in [4.69, 9.17) is 9.47 Å². The maximum atomic E-state index is 13.9. The lowest BCUT2D eigenvalue weighted by Gasteiger charge is -2.15. The molecule has 0 spiro atoms. The fraction of sp³-hybridized carbons (Fsp3) is 0.154. The molecule has 1 heterocycles. The Balaban J connectivity index is 1.48. The van der Waals surface area contributed by atoms with Gasteiger partial charge >= 0.3 is 0 Å². The lowest BCUT2D eigenvalue weighted by Crippen LogP contribution is -2.26. The highest BCUT2D eigenvalue weighted by Crippen LogP contribution is 2.34. The molecule has 4 aromatic rings. The number of hydrogen-bond donors (Lipinski definition) is 0. The Bertz CT molecular complexity index is 1270. The van der Waals surface area contributed by atoms with E-state index in [2.05, 4.69) is 4.98 Å². The van der Waals surface area contributed by atoms with Crippen molar-refractivity contribution in [1.29, 1.82) is 0 Å². The number of thiazole rings is 1. The van der Waals surface area contributed by atoms with Crippen LogP contribution in [0.25, 0.3) is 10.6 Å². The van der Waals surface area contributed by atoms with Crippen LogP contribution in [0.15, 0.2) is 72.1 Å². The lowest BCUT2D eigenvalue weighted by molar-refractivity contribution is 0.0780. The first-order valence-electron chi connectivity index (χ1n) is 10.4. The smallest absolute Gasteiger partial charge is 0.273 e. The minimum atomic E-state index is -0.673. The number of nitrogens with zero attached hydrogens (tertiary/aromatic N) is 2. The summed E-state index contributed by atoms with van der Waals surface area (Å²) in [6.45, 7) is 0.201. The number of halogens is 2. The number of rotatable bonds is 8. The van der Waals surface area contributed by atoms with Crippen LogP contribution in [0, 0.1) is 11.6 Å². The van der Waals surface area contributed by atoms with E-state index in [1.54, 1.807) is 35.5 Å². The molecule has 0 saturated carbocycles. The Morgan fingerprint density at radius 2 is 1.74 bits per heavy atom. The van der Waals surface area contributed by atoms with Gasteiger partial charge in [-0.05, 0) is 35.9 Å². The van der Waals surface area contributed by atoms with Crippen LogP contribution in [0.3, 0.4) is 0 Å². The van der Waals surface area contributed by atoms with Gasteiger partial charge in [0.2, 0.25) is 0 Å². The van der Waals surface area contributed by atoms with Gasteiger partial charge in [-0.15, -0.1) is 11.3 Å². The maximum Gasteiger partial charge on any atom is 0.273 e. The average molecular weight is 481 g/mol. The van der Waals surface area contributed by atoms with E-state index < -0.39 is 11.6 Å². The summed E-state index contributed by atoms with van der Waals surface area (Å²) in [6.07, 6.45) is 0. The average Bonchev–Trinajstić information content (AvgIpc) is 3.34. The number of aromatic nitrogens is 1. The molecule has 4 rings (SSSR count). The van der Waals surface area contributed by atoms with E-state index in [1.807, 2.05) is 30.3 Å². The quantitative estimate of drug-likeness (QED) is 0.313. The van der Waals surface area contributed by atoms with Crippen LogP contribution < -0.4 is 9.47 Å². The van der Waals surface area contributed by atoms with Gasteiger partial charge in [-0.3, -0.25) is 4.79 Å². The minimum Gasteiger partial charge on any atom is -0.493 e. The van der Waals surface area contributed by atoms with E-state index in [0.29, 0.717) is 28.7 Å². The lowest BCUT2D eigenvalue weighted by atomic mass is 10.2. The molecule has 174 valence electrons. The maximum absolute atomic E-state index is 13.9. The van der Waals surface area contributed by atoms with Gasteiger partial charge in [0.1, 0.15) is 28.9 Å². The number of benzene rings is 3. The SMILES string of the molecule is COc1cc(-c2nc(C(=O)N(C)Cc3ccccc3)cs2)ccc1OCc1c(F)cccc1F. The van der Waals surface area contributed by atoms with Gasteiger partial charge in [-0.1, -0.05) is 36.4 Å². The van der Waals surface area contributed by atoms with E-state index in [9.17, 15) is 13.6 Å². The molecule has 0 N–H and O–H groups in total. The molecule has 0 bridgehead atoms. The number of hydrogen-bond acceptors (Lipinski definition) is 5. The van der Waals surface area contributed by atoms with Crippen molar-refractivity contribution in [2.75, 3.05) is 14.2 Å². The highest BCUT2D eigenvalue weighted by Gasteiger charge is 2.18. The Hall–Kier alpha value is -3.78. The predicted molar refractivity (Wildman–Crippen MR) is 127 cm³/mol. The first-order chi connectivity index (χ1) is 16.5. The van der Waals surface area contributed by atoms with Crippen molar-refractivity contribution in [3.8, 4) is 22.1 Å². The van der Waals surface area contributed by atoms with Crippen LogP contribution in [0.5, 0.6) is 11.5 Å². The van der Waals surface area contributed by atoms with Gasteiger partial charge < -0.3 is 14.4 Å². The normalized spacial score (nSPS) is 10.7. The largest absolute Gasteiger partial charge is 0.493 e. The molecular formula is C26H22F2N2O3S. The van der Waals surface area contributed by atoms with Crippen molar-refractivity contribution >= 4 is 17.2 Å². The molecule has 3 aromatic carbocycles. The summed E-state index contributed by atoms with van der Waals surface area (Å²) in [5.41, 5.74) is 1.96. The van der Waals surface area contributed by atoms with E-state index in [1.165, 1.54) is 36.6 Å². The van der Waals surface area contributed by atoms with Crippen LogP contribution >= 0.6 is 11.3 Å². The Morgan fingerprint density at radius 3 is 2.44 bits per heavy atom. The first-order valence-corrected chi connectivity index (χ1v) is 11.3. The number of carbonyl (C=O) groups excluding carboxylic acids is 1. The van der Waals surface area contributed by atoms with E-state index in [0.717, 1.165) is 11.1 Å². The van der Waals surface area contributed by atoms with Crippen LogP contribution in [0.1, 0.15) is 21.6 Å². The second kappa shape index (κ2) is 10.4. The van der Waals surface area contributed by atoms with E-state index in [-0.39, 0.29) is 18.1 Å². The second-order valence-electron chi connectivity index (χ2n) is 7.54. The van der Waals surface area contributed by atoms with Crippen molar-refractivity contribution in [3.05, 3.63) is 101 Å². The van der Waals surface area contributed by atoms with Crippen molar-refractivity contribution in [2.45, 2.75) is 13.2 Å². The summed E-state index contributed by atoms with van der Waals surface area (Å²) in [5, 5.41) is 2.36. The van der Waals surface area contributed by atoms with Crippen LogP contribution in [0.4, 0.5) is 8.78 Å². The number of ether oxygens (including phenoxy) is 2. The van der Waals surface area contributed by atoms with E-state index >= 15 is 0 Å². The molecule has 0 aliphatic rings. The molecule has 0 atom stereocenters. The molecule has 0 saturated heterocycles. The van der Waals surface area contributed by atoms with Crippen LogP contribution in [-0.4, -0.2) is 29.9 Å². The zero-order chi connectivity index (χ0) is 24.1. The highest BCUT2D eigenvalue weighted by atomic mass is 32.1. The van der Waals surface area contributed by atoms with Gasteiger partial charge in [0.15, 0.2) is 11.5 Å². The Kier molecular flexibility index (Phi) is 7.18. The minimum absolute atomic E-state index is 0.156.